The first kappa shape index (κ1) is 17.4. The van der Waals surface area contributed by atoms with Crippen LogP contribution < -0.4 is 10.2 Å². The monoisotopic (exact) mass is 354 g/mol. The molecule has 0 saturated heterocycles. The SMILES string of the molecule is CCNC(=O)CN(CC)c1nc(C)nc2scc(-c3ccccc3)c12. The maximum Gasteiger partial charge on any atom is 0.239 e. The molecule has 2 aromatic heterocycles. The Hall–Kier alpha value is -2.47. The Morgan fingerprint density at radius 2 is 1.96 bits per heavy atom. The molecule has 0 saturated carbocycles. The van der Waals surface area contributed by atoms with Crippen molar-refractivity contribution in [3.05, 3.63) is 41.5 Å². The van der Waals surface area contributed by atoms with Gasteiger partial charge in [0.25, 0.3) is 0 Å². The van der Waals surface area contributed by atoms with Crippen molar-refractivity contribution >= 4 is 33.3 Å². The number of hydrogen-bond acceptors (Lipinski definition) is 5. The zero-order valence-corrected chi connectivity index (χ0v) is 15.6. The van der Waals surface area contributed by atoms with E-state index >= 15 is 0 Å². The van der Waals surface area contributed by atoms with Crippen molar-refractivity contribution in [3.63, 3.8) is 0 Å². The van der Waals surface area contributed by atoms with Gasteiger partial charge in [-0.05, 0) is 26.3 Å². The third-order valence-electron chi connectivity index (χ3n) is 4.00. The Morgan fingerprint density at radius 3 is 2.64 bits per heavy atom. The summed E-state index contributed by atoms with van der Waals surface area (Å²) in [5.74, 6) is 1.56. The van der Waals surface area contributed by atoms with Crippen LogP contribution in [0.15, 0.2) is 35.7 Å². The van der Waals surface area contributed by atoms with Gasteiger partial charge in [-0.2, -0.15) is 0 Å². The van der Waals surface area contributed by atoms with E-state index in [1.807, 2.05) is 43.9 Å². The van der Waals surface area contributed by atoms with Gasteiger partial charge in [-0.25, -0.2) is 9.97 Å². The normalized spacial score (nSPS) is 10.8. The molecular weight excluding hydrogens is 332 g/mol. The van der Waals surface area contributed by atoms with Crippen LogP contribution in [-0.2, 0) is 4.79 Å². The molecule has 25 heavy (non-hydrogen) atoms. The average molecular weight is 354 g/mol. The van der Waals surface area contributed by atoms with Gasteiger partial charge in [0.1, 0.15) is 16.5 Å². The highest BCUT2D eigenvalue weighted by molar-refractivity contribution is 7.17. The fourth-order valence-electron chi connectivity index (χ4n) is 2.85. The van der Waals surface area contributed by atoms with Gasteiger partial charge >= 0.3 is 0 Å². The molecule has 130 valence electrons. The number of nitrogens with zero attached hydrogens (tertiary/aromatic N) is 3. The zero-order valence-electron chi connectivity index (χ0n) is 14.7. The van der Waals surface area contributed by atoms with Crippen molar-refractivity contribution in [1.82, 2.24) is 15.3 Å². The summed E-state index contributed by atoms with van der Waals surface area (Å²) in [5, 5.41) is 6.01. The van der Waals surface area contributed by atoms with E-state index in [-0.39, 0.29) is 5.91 Å². The molecule has 0 atom stereocenters. The first-order valence-corrected chi connectivity index (χ1v) is 9.34. The first-order chi connectivity index (χ1) is 12.1. The average Bonchev–Trinajstić information content (AvgIpc) is 3.03. The molecule has 2 heterocycles. The second kappa shape index (κ2) is 7.61. The Labute approximate surface area is 151 Å². The molecule has 3 rings (SSSR count). The van der Waals surface area contributed by atoms with Crippen molar-refractivity contribution in [2.75, 3.05) is 24.5 Å². The van der Waals surface area contributed by atoms with Gasteiger partial charge in [-0.1, -0.05) is 30.3 Å². The summed E-state index contributed by atoms with van der Waals surface area (Å²) in [5.41, 5.74) is 2.25. The van der Waals surface area contributed by atoms with Crippen LogP contribution in [0.3, 0.4) is 0 Å². The molecule has 0 unspecified atom stereocenters. The van der Waals surface area contributed by atoms with Crippen LogP contribution in [0.1, 0.15) is 19.7 Å². The highest BCUT2D eigenvalue weighted by Crippen LogP contribution is 2.38. The zero-order chi connectivity index (χ0) is 17.8. The van der Waals surface area contributed by atoms with Gasteiger partial charge in [0.15, 0.2) is 0 Å². The van der Waals surface area contributed by atoms with E-state index in [0.29, 0.717) is 19.6 Å². The fraction of sp³-hybridized carbons (Fsp3) is 0.316. The van der Waals surface area contributed by atoms with Crippen LogP contribution >= 0.6 is 11.3 Å². The van der Waals surface area contributed by atoms with Crippen molar-refractivity contribution in [3.8, 4) is 11.1 Å². The number of aryl methyl sites for hydroxylation is 1. The van der Waals surface area contributed by atoms with Crippen LogP contribution in [-0.4, -0.2) is 35.5 Å². The smallest absolute Gasteiger partial charge is 0.239 e. The lowest BCUT2D eigenvalue weighted by Gasteiger charge is -2.23. The molecule has 0 bridgehead atoms. The molecule has 1 amide bonds. The molecular formula is C19H22N4OS. The van der Waals surface area contributed by atoms with Gasteiger partial charge in [-0.15, -0.1) is 11.3 Å². The number of rotatable bonds is 6. The minimum atomic E-state index is 0.00487. The summed E-state index contributed by atoms with van der Waals surface area (Å²) in [6.07, 6.45) is 0. The molecule has 1 aromatic carbocycles. The number of aromatic nitrogens is 2. The molecule has 0 spiro atoms. The summed E-state index contributed by atoms with van der Waals surface area (Å²) in [7, 11) is 0. The number of nitrogens with one attached hydrogen (secondary N) is 1. The number of benzene rings is 1. The van der Waals surface area contributed by atoms with Crippen LogP contribution in [0.2, 0.25) is 0 Å². The number of anilines is 1. The van der Waals surface area contributed by atoms with Crippen LogP contribution in [0, 0.1) is 6.92 Å². The summed E-state index contributed by atoms with van der Waals surface area (Å²) in [6, 6.07) is 10.2. The van der Waals surface area contributed by atoms with E-state index in [1.54, 1.807) is 11.3 Å². The molecule has 0 aliphatic carbocycles. The third-order valence-corrected chi connectivity index (χ3v) is 4.87. The van der Waals surface area contributed by atoms with Gasteiger partial charge < -0.3 is 10.2 Å². The van der Waals surface area contributed by atoms with Gasteiger partial charge in [0.05, 0.1) is 11.9 Å². The molecule has 6 heteroatoms. The molecule has 0 aliphatic heterocycles. The Kier molecular flexibility index (Phi) is 5.28. The lowest BCUT2D eigenvalue weighted by atomic mass is 10.1. The molecule has 0 radical (unpaired) electrons. The number of fused-ring (bicyclic) bond motifs is 1. The number of carbonyl (C=O) groups excluding carboxylic acids is 1. The standard InChI is InChI=1S/C19H22N4OS/c1-4-20-16(24)11-23(5-2)18-17-15(14-9-7-6-8-10-14)12-25-19(17)22-13(3)21-18/h6-10,12H,4-5,11H2,1-3H3,(H,20,24). The minimum absolute atomic E-state index is 0.00487. The Balaban J connectivity index is 2.12. The fourth-order valence-corrected chi connectivity index (χ4v) is 3.84. The quantitative estimate of drug-likeness (QED) is 0.734. The van der Waals surface area contributed by atoms with E-state index in [1.165, 1.54) is 0 Å². The van der Waals surface area contributed by atoms with E-state index in [9.17, 15) is 4.79 Å². The van der Waals surface area contributed by atoms with Crippen molar-refractivity contribution in [2.24, 2.45) is 0 Å². The lowest BCUT2D eigenvalue weighted by Crippen LogP contribution is -2.37. The van der Waals surface area contributed by atoms with Crippen molar-refractivity contribution < 1.29 is 4.79 Å². The number of carbonyl (C=O) groups is 1. The van der Waals surface area contributed by atoms with E-state index in [4.69, 9.17) is 0 Å². The topological polar surface area (TPSA) is 58.1 Å². The highest BCUT2D eigenvalue weighted by atomic mass is 32.1. The number of amides is 1. The summed E-state index contributed by atoms with van der Waals surface area (Å²) >= 11 is 1.62. The Bertz CT molecular complexity index is 876. The lowest BCUT2D eigenvalue weighted by molar-refractivity contribution is -0.119. The van der Waals surface area contributed by atoms with Gasteiger partial charge in [0.2, 0.25) is 5.91 Å². The molecule has 5 nitrogen and oxygen atoms in total. The maximum atomic E-state index is 12.1. The second-order valence-electron chi connectivity index (χ2n) is 5.76. The van der Waals surface area contributed by atoms with Crippen LogP contribution in [0.25, 0.3) is 21.3 Å². The maximum absolute atomic E-state index is 12.1. The van der Waals surface area contributed by atoms with E-state index in [2.05, 4.69) is 32.8 Å². The van der Waals surface area contributed by atoms with Crippen molar-refractivity contribution in [1.29, 1.82) is 0 Å². The van der Waals surface area contributed by atoms with Crippen molar-refractivity contribution in [2.45, 2.75) is 20.8 Å². The van der Waals surface area contributed by atoms with Gasteiger partial charge in [-0.3, -0.25) is 4.79 Å². The van der Waals surface area contributed by atoms with Crippen LogP contribution in [0.4, 0.5) is 5.82 Å². The van der Waals surface area contributed by atoms with Crippen LogP contribution in [0.5, 0.6) is 0 Å². The van der Waals surface area contributed by atoms with Gasteiger partial charge in [0, 0.05) is 24.0 Å². The van der Waals surface area contributed by atoms with E-state index < -0.39 is 0 Å². The molecule has 1 N–H and O–H groups in total. The molecule has 3 aromatic rings. The predicted molar refractivity (Wildman–Crippen MR) is 104 cm³/mol. The van der Waals surface area contributed by atoms with E-state index in [0.717, 1.165) is 33.0 Å². The third kappa shape index (κ3) is 3.64. The highest BCUT2D eigenvalue weighted by Gasteiger charge is 2.19. The number of thiophene rings is 1. The minimum Gasteiger partial charge on any atom is -0.355 e. The number of hydrogen-bond donors (Lipinski definition) is 1. The predicted octanol–water partition coefficient (Wildman–Crippen LogP) is 3.63. The summed E-state index contributed by atoms with van der Waals surface area (Å²) < 4.78 is 0. The summed E-state index contributed by atoms with van der Waals surface area (Å²) in [6.45, 7) is 7.48. The number of likely N-dealkylation sites (N-methyl/N-ethyl adjacent to an activating group) is 2. The summed E-state index contributed by atoms with van der Waals surface area (Å²) in [4.78, 5) is 24.4. The largest absolute Gasteiger partial charge is 0.355 e. The molecule has 0 aliphatic rings. The first-order valence-electron chi connectivity index (χ1n) is 8.47. The second-order valence-corrected chi connectivity index (χ2v) is 6.62. The Morgan fingerprint density at radius 1 is 1.20 bits per heavy atom. The molecule has 0 fully saturated rings.